The first kappa shape index (κ1) is 23.9. The number of hydrogen-bond donors (Lipinski definition) is 4. The third-order valence-electron chi connectivity index (χ3n) is 5.59. The van der Waals surface area contributed by atoms with E-state index in [-0.39, 0.29) is 0 Å². The molecule has 4 N–H and O–H groups in total. The lowest BCUT2D eigenvalue weighted by Crippen LogP contribution is -2.55. The molecule has 0 unspecified atom stereocenters. The SMILES string of the molecule is Cc1nc(C#Cc2ccc(Cc3cc([C@@H]4O[C@H](CO)[C@@H](O)[C@H](O)[C@H]4O)ccc3Cl)cc2)cs1. The summed E-state index contributed by atoms with van der Waals surface area (Å²) in [5.74, 6) is 6.17. The second-order valence-electron chi connectivity index (χ2n) is 7.98. The number of hydrogen-bond acceptors (Lipinski definition) is 7. The van der Waals surface area contributed by atoms with Gasteiger partial charge in [-0.05, 0) is 54.2 Å². The van der Waals surface area contributed by atoms with E-state index in [1.807, 2.05) is 42.6 Å². The standard InChI is InChI=1S/C25H24ClNO5S/c1-14-27-19(13-33-14)8-6-15-2-4-16(5-3-15)10-18-11-17(7-9-20(18)26)25-24(31)23(30)22(29)21(12-28)32-25/h2-5,7,9,11,13,21-25,28-31H,10,12H2,1H3/t21-,22-,23+,24-,25+/m1/s1. The first-order valence-corrected chi connectivity index (χ1v) is 11.7. The molecule has 1 fully saturated rings. The van der Waals surface area contributed by atoms with Gasteiger partial charge in [0.2, 0.25) is 0 Å². The minimum absolute atomic E-state index is 0.473. The Morgan fingerprint density at radius 3 is 2.45 bits per heavy atom. The summed E-state index contributed by atoms with van der Waals surface area (Å²) in [6.45, 7) is 1.47. The third-order valence-corrected chi connectivity index (χ3v) is 6.74. The van der Waals surface area contributed by atoms with Crippen LogP contribution in [0, 0.1) is 18.8 Å². The second-order valence-corrected chi connectivity index (χ2v) is 9.45. The zero-order valence-electron chi connectivity index (χ0n) is 17.9. The summed E-state index contributed by atoms with van der Waals surface area (Å²) in [5.41, 5.74) is 4.09. The average molecular weight is 486 g/mol. The van der Waals surface area contributed by atoms with Gasteiger partial charge >= 0.3 is 0 Å². The van der Waals surface area contributed by atoms with Crippen molar-refractivity contribution in [2.45, 2.75) is 43.9 Å². The number of ether oxygens (including phenoxy) is 1. The molecule has 8 heteroatoms. The molecule has 172 valence electrons. The van der Waals surface area contributed by atoms with E-state index in [9.17, 15) is 20.4 Å². The summed E-state index contributed by atoms with van der Waals surface area (Å²) in [6.07, 6.45) is -5.48. The fraction of sp³-hybridized carbons (Fsp3) is 0.320. The Kier molecular flexibility index (Phi) is 7.47. The Morgan fingerprint density at radius 2 is 1.79 bits per heavy atom. The lowest BCUT2D eigenvalue weighted by atomic mass is 9.90. The van der Waals surface area contributed by atoms with Crippen LogP contribution in [0.3, 0.4) is 0 Å². The van der Waals surface area contributed by atoms with Crippen molar-refractivity contribution < 1.29 is 25.2 Å². The highest BCUT2D eigenvalue weighted by molar-refractivity contribution is 7.09. The van der Waals surface area contributed by atoms with Crippen molar-refractivity contribution in [1.29, 1.82) is 0 Å². The molecule has 1 aliphatic rings. The molecule has 33 heavy (non-hydrogen) atoms. The fourth-order valence-electron chi connectivity index (χ4n) is 3.77. The van der Waals surface area contributed by atoms with Gasteiger partial charge in [0, 0.05) is 16.0 Å². The number of aliphatic hydroxyl groups is 4. The molecule has 2 aromatic carbocycles. The normalized spacial score (nSPS) is 24.8. The van der Waals surface area contributed by atoms with Gasteiger partial charge in [0.15, 0.2) is 0 Å². The van der Waals surface area contributed by atoms with Crippen LogP contribution < -0.4 is 0 Å². The van der Waals surface area contributed by atoms with Gasteiger partial charge in [-0.25, -0.2) is 4.98 Å². The maximum atomic E-state index is 10.4. The zero-order chi connectivity index (χ0) is 23.5. The van der Waals surface area contributed by atoms with E-state index < -0.39 is 37.1 Å². The molecule has 3 aromatic rings. The first-order valence-electron chi connectivity index (χ1n) is 10.5. The lowest BCUT2D eigenvalue weighted by Gasteiger charge is -2.40. The topological polar surface area (TPSA) is 103 Å². The predicted octanol–water partition coefficient (Wildman–Crippen LogP) is 2.61. The van der Waals surface area contributed by atoms with Gasteiger partial charge in [-0.1, -0.05) is 41.8 Å². The number of aryl methyl sites for hydroxylation is 1. The highest BCUT2D eigenvalue weighted by Crippen LogP contribution is 2.34. The molecule has 0 radical (unpaired) electrons. The van der Waals surface area contributed by atoms with Gasteiger partial charge in [-0.3, -0.25) is 0 Å². The average Bonchev–Trinajstić information content (AvgIpc) is 3.24. The number of aliphatic hydroxyl groups excluding tert-OH is 4. The van der Waals surface area contributed by atoms with E-state index in [0.717, 1.165) is 27.4 Å². The third kappa shape index (κ3) is 5.45. The van der Waals surface area contributed by atoms with Gasteiger partial charge in [-0.15, -0.1) is 11.3 Å². The van der Waals surface area contributed by atoms with Crippen molar-refractivity contribution in [3.05, 3.63) is 85.8 Å². The van der Waals surface area contributed by atoms with E-state index >= 15 is 0 Å². The molecular weight excluding hydrogens is 462 g/mol. The monoisotopic (exact) mass is 485 g/mol. The van der Waals surface area contributed by atoms with E-state index in [4.69, 9.17) is 16.3 Å². The van der Waals surface area contributed by atoms with Crippen molar-refractivity contribution in [3.8, 4) is 11.8 Å². The molecule has 4 rings (SSSR count). The molecular formula is C25H24ClNO5S. The quantitative estimate of drug-likeness (QED) is 0.424. The van der Waals surface area contributed by atoms with Crippen molar-refractivity contribution >= 4 is 22.9 Å². The van der Waals surface area contributed by atoms with Crippen LogP contribution in [0.2, 0.25) is 5.02 Å². The van der Waals surface area contributed by atoms with Crippen LogP contribution in [-0.4, -0.2) is 56.4 Å². The van der Waals surface area contributed by atoms with E-state index in [2.05, 4.69) is 16.8 Å². The van der Waals surface area contributed by atoms with Crippen LogP contribution in [0.1, 0.15) is 39.1 Å². The van der Waals surface area contributed by atoms with Crippen LogP contribution in [0.5, 0.6) is 0 Å². The molecule has 1 aromatic heterocycles. The van der Waals surface area contributed by atoms with Crippen molar-refractivity contribution in [2.75, 3.05) is 6.61 Å². The lowest BCUT2D eigenvalue weighted by molar-refractivity contribution is -0.231. The Labute approximate surface area is 201 Å². The van der Waals surface area contributed by atoms with E-state index in [1.165, 1.54) is 0 Å². The summed E-state index contributed by atoms with van der Waals surface area (Å²) in [5, 5.41) is 43.5. The Balaban J connectivity index is 1.51. The molecule has 0 saturated carbocycles. The maximum absolute atomic E-state index is 10.4. The number of halogens is 1. The van der Waals surface area contributed by atoms with Crippen LogP contribution >= 0.6 is 22.9 Å². The highest BCUT2D eigenvalue weighted by atomic mass is 35.5. The maximum Gasteiger partial charge on any atom is 0.124 e. The summed E-state index contributed by atoms with van der Waals surface area (Å²) in [4.78, 5) is 4.34. The van der Waals surface area contributed by atoms with E-state index in [1.54, 1.807) is 23.5 Å². The summed E-state index contributed by atoms with van der Waals surface area (Å²) in [7, 11) is 0. The smallest absolute Gasteiger partial charge is 0.124 e. The Morgan fingerprint density at radius 1 is 1.03 bits per heavy atom. The predicted molar refractivity (Wildman–Crippen MR) is 126 cm³/mol. The molecule has 1 saturated heterocycles. The largest absolute Gasteiger partial charge is 0.394 e. The Bertz CT molecular complexity index is 1170. The van der Waals surface area contributed by atoms with Crippen molar-refractivity contribution in [1.82, 2.24) is 4.98 Å². The van der Waals surface area contributed by atoms with E-state index in [0.29, 0.717) is 17.0 Å². The molecule has 0 amide bonds. The highest BCUT2D eigenvalue weighted by Gasteiger charge is 2.44. The molecule has 0 spiro atoms. The van der Waals surface area contributed by atoms with Crippen LogP contribution in [0.4, 0.5) is 0 Å². The van der Waals surface area contributed by atoms with Crippen LogP contribution in [-0.2, 0) is 11.2 Å². The summed E-state index contributed by atoms with van der Waals surface area (Å²) < 4.78 is 5.67. The number of rotatable bonds is 4. The molecule has 2 heterocycles. The van der Waals surface area contributed by atoms with Gasteiger partial charge < -0.3 is 25.2 Å². The van der Waals surface area contributed by atoms with Crippen LogP contribution in [0.15, 0.2) is 47.8 Å². The van der Waals surface area contributed by atoms with Gasteiger partial charge in [0.25, 0.3) is 0 Å². The van der Waals surface area contributed by atoms with Gasteiger partial charge in [-0.2, -0.15) is 0 Å². The molecule has 0 aliphatic carbocycles. The zero-order valence-corrected chi connectivity index (χ0v) is 19.4. The van der Waals surface area contributed by atoms with Crippen molar-refractivity contribution in [2.24, 2.45) is 0 Å². The van der Waals surface area contributed by atoms with Gasteiger partial charge in [0.05, 0.1) is 11.6 Å². The number of thiazole rings is 1. The fourth-order valence-corrected chi connectivity index (χ4v) is 4.50. The molecule has 6 nitrogen and oxygen atoms in total. The molecule has 5 atom stereocenters. The first-order chi connectivity index (χ1) is 15.9. The Hall–Kier alpha value is -2.28. The van der Waals surface area contributed by atoms with Gasteiger partial charge in [0.1, 0.15) is 36.2 Å². The molecule has 1 aliphatic heterocycles. The number of nitrogens with zero attached hydrogens (tertiary/aromatic N) is 1. The minimum Gasteiger partial charge on any atom is -0.394 e. The van der Waals surface area contributed by atoms with Crippen LogP contribution in [0.25, 0.3) is 0 Å². The van der Waals surface area contributed by atoms with Crippen molar-refractivity contribution in [3.63, 3.8) is 0 Å². The summed E-state index contributed by atoms with van der Waals surface area (Å²) >= 11 is 7.99. The second kappa shape index (κ2) is 10.3. The number of aromatic nitrogens is 1. The minimum atomic E-state index is -1.43. The summed E-state index contributed by atoms with van der Waals surface area (Å²) in [6, 6.07) is 13.1. The number of benzene rings is 2. The molecule has 0 bridgehead atoms.